The Bertz CT molecular complexity index is 1500. The van der Waals surface area contributed by atoms with Crippen molar-refractivity contribution in [3.05, 3.63) is 70.3 Å². The van der Waals surface area contributed by atoms with Crippen molar-refractivity contribution in [1.82, 2.24) is 24.1 Å². The Labute approximate surface area is 205 Å². The summed E-state index contributed by atoms with van der Waals surface area (Å²) in [7, 11) is 0. The second-order valence-electron chi connectivity index (χ2n) is 10.2. The van der Waals surface area contributed by atoms with E-state index in [2.05, 4.69) is 15.1 Å². The molecule has 0 bridgehead atoms. The maximum atomic E-state index is 14.3. The van der Waals surface area contributed by atoms with Gasteiger partial charge in [-0.15, -0.1) is 10.2 Å². The van der Waals surface area contributed by atoms with Gasteiger partial charge in [0.2, 0.25) is 0 Å². The quantitative estimate of drug-likeness (QED) is 0.380. The summed E-state index contributed by atoms with van der Waals surface area (Å²) in [4.78, 5) is 14.9. The van der Waals surface area contributed by atoms with Crippen molar-refractivity contribution >= 4 is 16.4 Å². The van der Waals surface area contributed by atoms with Crippen LogP contribution >= 0.6 is 0 Å². The Morgan fingerprint density at radius 1 is 1.22 bits per heavy atom. The zero-order valence-corrected chi connectivity index (χ0v) is 19.8. The largest absolute Gasteiger partial charge is 0.490 e. The van der Waals surface area contributed by atoms with Crippen molar-refractivity contribution in [2.75, 3.05) is 19.6 Å². The number of likely N-dealkylation sites (tertiary alicyclic amines) is 1. The molecule has 1 aromatic carbocycles. The average molecular weight is 498 g/mol. The monoisotopic (exact) mass is 497 g/mol. The predicted molar refractivity (Wildman–Crippen MR) is 128 cm³/mol. The lowest BCUT2D eigenvalue weighted by molar-refractivity contribution is -0.118. The van der Waals surface area contributed by atoms with E-state index in [0.717, 1.165) is 45.1 Å². The summed E-state index contributed by atoms with van der Waals surface area (Å²) in [5.74, 6) is 0.329. The Balaban J connectivity index is 1.02. The molecule has 4 heterocycles. The molecule has 1 aliphatic carbocycles. The van der Waals surface area contributed by atoms with E-state index >= 15 is 0 Å². The molecule has 1 saturated carbocycles. The Morgan fingerprint density at radius 3 is 2.81 bits per heavy atom. The number of ether oxygens (including phenoxy) is 1. The van der Waals surface area contributed by atoms with E-state index < -0.39 is 12.1 Å². The number of fused-ring (bicyclic) bond motifs is 2. The van der Waals surface area contributed by atoms with Gasteiger partial charge in [0, 0.05) is 36.3 Å². The number of aryl methyl sites for hydroxylation is 2. The highest BCUT2D eigenvalue weighted by Crippen LogP contribution is 2.50. The molecular weight excluding hydrogens is 471 g/mol. The predicted octanol–water partition coefficient (Wildman–Crippen LogP) is 4.36. The Morgan fingerprint density at radius 2 is 2.03 bits per heavy atom. The first-order chi connectivity index (χ1) is 17.3. The lowest BCUT2D eigenvalue weighted by Gasteiger charge is -2.58. The maximum Gasteiger partial charge on any atom is 0.321 e. The average Bonchev–Trinajstić information content (AvgIpc) is 3.24. The highest BCUT2D eigenvalue weighted by Gasteiger charge is 2.53. The molecule has 7 nitrogen and oxygen atoms in total. The van der Waals surface area contributed by atoms with Crippen LogP contribution < -0.4 is 10.3 Å². The van der Waals surface area contributed by atoms with Crippen LogP contribution in [0.25, 0.3) is 16.4 Å². The molecule has 2 fully saturated rings. The third kappa shape index (κ3) is 3.93. The van der Waals surface area contributed by atoms with Crippen LogP contribution in [0.1, 0.15) is 36.9 Å². The highest BCUT2D eigenvalue weighted by molar-refractivity contribution is 5.90. The number of alkyl halides is 2. The van der Waals surface area contributed by atoms with Gasteiger partial charge in [0.1, 0.15) is 17.9 Å². The molecule has 0 unspecified atom stereocenters. The zero-order valence-electron chi connectivity index (χ0n) is 19.8. The van der Waals surface area contributed by atoms with Gasteiger partial charge in [-0.25, -0.2) is 4.39 Å². The third-order valence-corrected chi connectivity index (χ3v) is 7.59. The minimum atomic E-state index is -2.88. The normalized spacial score (nSPS) is 17.7. The van der Waals surface area contributed by atoms with Crippen LogP contribution in [0.5, 0.6) is 5.75 Å². The summed E-state index contributed by atoms with van der Waals surface area (Å²) < 4.78 is 48.8. The molecule has 0 atom stereocenters. The van der Waals surface area contributed by atoms with Crippen LogP contribution in [0.2, 0.25) is 0 Å². The summed E-state index contributed by atoms with van der Waals surface area (Å²) >= 11 is 0. The van der Waals surface area contributed by atoms with Gasteiger partial charge in [-0.3, -0.25) is 13.8 Å². The first-order valence-corrected chi connectivity index (χ1v) is 12.1. The summed E-state index contributed by atoms with van der Waals surface area (Å²) in [5, 5.41) is 8.63. The summed E-state index contributed by atoms with van der Waals surface area (Å²) in [6.45, 7) is 1.75. The number of nitrogens with zero attached hydrogens (tertiary/aromatic N) is 5. The van der Waals surface area contributed by atoms with Gasteiger partial charge in [0.05, 0.1) is 11.5 Å². The maximum absolute atomic E-state index is 14.3. The van der Waals surface area contributed by atoms with Gasteiger partial charge in [-0.1, -0.05) is 6.07 Å². The zero-order chi connectivity index (χ0) is 25.0. The fraction of sp³-hybridized carbons (Fsp3) is 0.423. The van der Waals surface area contributed by atoms with Crippen molar-refractivity contribution in [1.29, 1.82) is 0 Å². The second-order valence-corrected chi connectivity index (χ2v) is 10.2. The van der Waals surface area contributed by atoms with E-state index in [9.17, 15) is 18.0 Å². The van der Waals surface area contributed by atoms with Crippen LogP contribution in [-0.2, 0) is 6.42 Å². The van der Waals surface area contributed by atoms with Gasteiger partial charge < -0.3 is 9.64 Å². The smallest absolute Gasteiger partial charge is 0.321 e. The number of halogens is 3. The van der Waals surface area contributed by atoms with Gasteiger partial charge in [0.25, 0.3) is 5.56 Å². The summed E-state index contributed by atoms with van der Waals surface area (Å²) in [5.41, 5.74) is 1.51. The van der Waals surface area contributed by atoms with Crippen LogP contribution in [-0.4, -0.2) is 49.8 Å². The number of hydrogen-bond acceptors (Lipinski definition) is 5. The first kappa shape index (κ1) is 23.0. The van der Waals surface area contributed by atoms with Crippen molar-refractivity contribution in [3.8, 4) is 5.75 Å². The number of hydrogen-bond donors (Lipinski definition) is 0. The molecule has 6 rings (SSSR count). The molecule has 1 aliphatic heterocycles. The van der Waals surface area contributed by atoms with Crippen molar-refractivity contribution in [2.24, 2.45) is 5.41 Å². The van der Waals surface area contributed by atoms with Gasteiger partial charge >= 0.3 is 6.55 Å². The van der Waals surface area contributed by atoms with Crippen LogP contribution in [0.3, 0.4) is 0 Å². The number of aromatic nitrogens is 4. The lowest BCUT2D eigenvalue weighted by Crippen LogP contribution is -2.64. The fourth-order valence-electron chi connectivity index (χ4n) is 5.82. The van der Waals surface area contributed by atoms with Gasteiger partial charge in [0.15, 0.2) is 5.65 Å². The topological polar surface area (TPSA) is 64.7 Å². The fourth-order valence-corrected chi connectivity index (χ4v) is 5.82. The third-order valence-electron chi connectivity index (χ3n) is 7.59. The van der Waals surface area contributed by atoms with Crippen LogP contribution in [0.15, 0.2) is 47.8 Å². The molecule has 3 aromatic heterocycles. The Hall–Kier alpha value is -3.40. The minimum Gasteiger partial charge on any atom is -0.490 e. The SMILES string of the molecule is Cc1ccc(OC2CC3(C2)CN(CCCc2cc4nncn4cc2F)C3)c2ccn(C(F)F)c(=O)c12. The Kier molecular flexibility index (Phi) is 5.51. The molecule has 1 saturated heterocycles. The van der Waals surface area contributed by atoms with E-state index in [0.29, 0.717) is 38.9 Å². The molecule has 1 spiro atoms. The lowest BCUT2D eigenvalue weighted by atomic mass is 9.61. The highest BCUT2D eigenvalue weighted by atomic mass is 19.3. The number of pyridine rings is 2. The molecule has 36 heavy (non-hydrogen) atoms. The molecule has 188 valence electrons. The van der Waals surface area contributed by atoms with Crippen LogP contribution in [0.4, 0.5) is 13.2 Å². The minimum absolute atomic E-state index is 0.0413. The standard InChI is InChI=1S/C26H26F3N5O2/c1-16-4-5-21(19-6-8-34(25(28)29)24(35)23(16)19)36-18-10-26(11-18)13-32(14-26)7-2-3-17-9-22-31-30-15-33(22)12-20(17)27/h4-6,8-9,12,15,18,25H,2-3,7,10-11,13-14H2,1H3. The molecule has 4 aromatic rings. The van der Waals surface area contributed by atoms with Crippen LogP contribution in [0, 0.1) is 18.2 Å². The molecule has 0 amide bonds. The van der Waals surface area contributed by atoms with Crippen molar-refractivity contribution in [2.45, 2.75) is 45.3 Å². The van der Waals surface area contributed by atoms with Crippen molar-refractivity contribution in [3.63, 3.8) is 0 Å². The molecular formula is C26H26F3N5O2. The second kappa shape index (κ2) is 8.62. The number of rotatable bonds is 7. The molecule has 0 radical (unpaired) electrons. The van der Waals surface area contributed by atoms with E-state index in [1.165, 1.54) is 18.6 Å². The van der Waals surface area contributed by atoms with Crippen molar-refractivity contribution < 1.29 is 17.9 Å². The summed E-state index contributed by atoms with van der Waals surface area (Å²) in [6.07, 6.45) is 7.44. The molecule has 10 heteroatoms. The molecule has 0 N–H and O–H groups in total. The van der Waals surface area contributed by atoms with Gasteiger partial charge in [-0.05, 0) is 68.5 Å². The first-order valence-electron chi connectivity index (χ1n) is 12.1. The summed E-state index contributed by atoms with van der Waals surface area (Å²) in [6, 6.07) is 6.86. The van der Waals surface area contributed by atoms with E-state index in [1.54, 1.807) is 23.5 Å². The van der Waals surface area contributed by atoms with E-state index in [1.807, 2.05) is 6.07 Å². The van der Waals surface area contributed by atoms with Gasteiger partial charge in [-0.2, -0.15) is 8.78 Å². The number of benzene rings is 1. The van der Waals surface area contributed by atoms with E-state index in [4.69, 9.17) is 4.74 Å². The van der Waals surface area contributed by atoms with E-state index in [-0.39, 0.29) is 22.7 Å². The molecule has 2 aliphatic rings.